The summed E-state index contributed by atoms with van der Waals surface area (Å²) in [5.74, 6) is -0.977. The van der Waals surface area contributed by atoms with Gasteiger partial charge in [0, 0.05) is 30.8 Å². The van der Waals surface area contributed by atoms with E-state index in [2.05, 4.69) is 15.4 Å². The summed E-state index contributed by atoms with van der Waals surface area (Å²) in [6.07, 6.45) is -4.55. The van der Waals surface area contributed by atoms with Crippen molar-refractivity contribution in [1.82, 2.24) is 10.6 Å². The Balaban J connectivity index is 1.53. The molecule has 0 aliphatic carbocycles. The number of amides is 3. The molecule has 12 heteroatoms. The molecule has 0 radical (unpaired) electrons. The van der Waals surface area contributed by atoms with Crippen molar-refractivity contribution < 1.29 is 35.9 Å². The number of nitrogens with zero attached hydrogens (tertiary/aromatic N) is 1. The Bertz CT molecular complexity index is 863. The highest BCUT2D eigenvalue weighted by Gasteiger charge is 2.36. The first-order valence-electron chi connectivity index (χ1n) is 8.44. The van der Waals surface area contributed by atoms with Gasteiger partial charge in [-0.15, -0.1) is 13.2 Å². The van der Waals surface area contributed by atoms with Crippen LogP contribution in [0.15, 0.2) is 24.3 Å². The fourth-order valence-electron chi connectivity index (χ4n) is 3.15. The van der Waals surface area contributed by atoms with E-state index in [0.717, 1.165) is 12.1 Å². The first kappa shape index (κ1) is 20.2. The van der Waals surface area contributed by atoms with Crippen LogP contribution in [0.5, 0.6) is 5.75 Å². The molecule has 3 amide bonds. The zero-order chi connectivity index (χ0) is 20.5. The zero-order valence-corrected chi connectivity index (χ0v) is 15.3. The van der Waals surface area contributed by atoms with Crippen LogP contribution in [0.3, 0.4) is 0 Å². The molecule has 0 spiro atoms. The minimum atomic E-state index is -4.84. The Hall–Kier alpha value is -2.50. The molecule has 0 bridgehead atoms. The Morgan fingerprint density at radius 1 is 1.29 bits per heavy atom. The summed E-state index contributed by atoms with van der Waals surface area (Å²) in [6.45, 7) is 0.409. The largest absolute Gasteiger partial charge is 0.573 e. The van der Waals surface area contributed by atoms with Gasteiger partial charge in [-0.3, -0.25) is 4.79 Å². The maximum Gasteiger partial charge on any atom is 0.573 e. The van der Waals surface area contributed by atoms with Crippen LogP contribution in [-0.2, 0) is 14.6 Å². The van der Waals surface area contributed by atoms with Gasteiger partial charge in [-0.05, 0) is 18.6 Å². The molecule has 2 fully saturated rings. The van der Waals surface area contributed by atoms with Gasteiger partial charge in [-0.2, -0.15) is 0 Å². The maximum absolute atomic E-state index is 12.5. The molecule has 154 valence electrons. The van der Waals surface area contributed by atoms with Crippen LogP contribution in [0.4, 0.5) is 23.7 Å². The van der Waals surface area contributed by atoms with Crippen LogP contribution in [0.1, 0.15) is 6.42 Å². The number of hydrogen-bond donors (Lipinski definition) is 2. The van der Waals surface area contributed by atoms with E-state index < -0.39 is 39.9 Å². The van der Waals surface area contributed by atoms with Gasteiger partial charge in [0.15, 0.2) is 9.84 Å². The third-order valence-electron chi connectivity index (χ3n) is 4.40. The molecule has 2 aliphatic heterocycles. The first-order valence-corrected chi connectivity index (χ1v) is 10.3. The highest BCUT2D eigenvalue weighted by Crippen LogP contribution is 2.29. The number of hydrogen-bond acceptors (Lipinski definition) is 5. The van der Waals surface area contributed by atoms with Crippen molar-refractivity contribution in [3.05, 3.63) is 24.3 Å². The molecule has 3 rings (SSSR count). The van der Waals surface area contributed by atoms with Crippen molar-refractivity contribution in [2.75, 3.05) is 29.5 Å². The minimum absolute atomic E-state index is 0.0275. The molecule has 8 nitrogen and oxygen atoms in total. The van der Waals surface area contributed by atoms with Gasteiger partial charge in [0.25, 0.3) is 0 Å². The van der Waals surface area contributed by atoms with Crippen LogP contribution in [-0.4, -0.2) is 57.4 Å². The van der Waals surface area contributed by atoms with Crippen molar-refractivity contribution >= 4 is 27.5 Å². The van der Waals surface area contributed by atoms with E-state index in [1.807, 2.05) is 0 Å². The molecule has 0 saturated carbocycles. The average Bonchev–Trinajstić information content (AvgIpc) is 2.90. The van der Waals surface area contributed by atoms with Gasteiger partial charge in [-0.1, -0.05) is 6.07 Å². The maximum atomic E-state index is 12.5. The smallest absolute Gasteiger partial charge is 0.406 e. The Kier molecular flexibility index (Phi) is 5.41. The molecule has 0 aromatic heterocycles. The predicted octanol–water partition coefficient (Wildman–Crippen LogP) is 1.03. The number of carbonyl (C=O) groups is 2. The summed E-state index contributed by atoms with van der Waals surface area (Å²) >= 11 is 0. The van der Waals surface area contributed by atoms with E-state index >= 15 is 0 Å². The monoisotopic (exact) mass is 421 g/mol. The van der Waals surface area contributed by atoms with Crippen molar-refractivity contribution in [2.24, 2.45) is 5.92 Å². The lowest BCUT2D eigenvalue weighted by molar-refractivity contribution is -0.274. The van der Waals surface area contributed by atoms with E-state index in [1.54, 1.807) is 0 Å². The molecule has 2 aliphatic rings. The van der Waals surface area contributed by atoms with Gasteiger partial charge < -0.3 is 20.3 Å². The van der Waals surface area contributed by atoms with E-state index in [9.17, 15) is 31.2 Å². The quantitative estimate of drug-likeness (QED) is 0.739. The summed E-state index contributed by atoms with van der Waals surface area (Å²) in [7, 11) is -2.98. The molecular formula is C16H18F3N3O5S. The van der Waals surface area contributed by atoms with Gasteiger partial charge in [-0.25, -0.2) is 13.2 Å². The standard InChI is InChI=1S/C16H18F3N3O5S/c17-16(18,19)27-12-3-1-2-11(6-12)22-5-4-13(14(22)23)21-15(24)20-7-10-8-28(25,26)9-10/h1-3,6,10,13H,4-5,7-9H2,(H2,20,21,24). The Labute approximate surface area is 158 Å². The fourth-order valence-corrected chi connectivity index (χ4v) is 4.73. The van der Waals surface area contributed by atoms with Crippen LogP contribution in [0.25, 0.3) is 0 Å². The number of nitrogens with one attached hydrogen (secondary N) is 2. The number of halogens is 3. The predicted molar refractivity (Wildman–Crippen MR) is 92.6 cm³/mol. The number of carbonyl (C=O) groups excluding carboxylic acids is 2. The second kappa shape index (κ2) is 7.49. The summed E-state index contributed by atoms with van der Waals surface area (Å²) < 4.78 is 63.1. The van der Waals surface area contributed by atoms with Crippen LogP contribution in [0, 0.1) is 5.92 Å². The fraction of sp³-hybridized carbons (Fsp3) is 0.500. The van der Waals surface area contributed by atoms with Crippen LogP contribution >= 0.6 is 0 Å². The van der Waals surface area contributed by atoms with Crippen molar-refractivity contribution in [3.63, 3.8) is 0 Å². The van der Waals surface area contributed by atoms with Gasteiger partial charge in [0.1, 0.15) is 11.8 Å². The molecular weight excluding hydrogens is 403 g/mol. The van der Waals surface area contributed by atoms with E-state index in [4.69, 9.17) is 0 Å². The highest BCUT2D eigenvalue weighted by molar-refractivity contribution is 7.92. The average molecular weight is 421 g/mol. The normalized spacial score (nSPS) is 21.9. The van der Waals surface area contributed by atoms with Crippen molar-refractivity contribution in [3.8, 4) is 5.75 Å². The summed E-state index contributed by atoms with van der Waals surface area (Å²) in [5.41, 5.74) is 0.233. The number of ether oxygens (including phenoxy) is 1. The van der Waals surface area contributed by atoms with Crippen molar-refractivity contribution in [2.45, 2.75) is 18.8 Å². The third-order valence-corrected chi connectivity index (χ3v) is 6.36. The Morgan fingerprint density at radius 3 is 2.64 bits per heavy atom. The summed E-state index contributed by atoms with van der Waals surface area (Å²) in [6, 6.07) is 3.62. The molecule has 2 saturated heterocycles. The third kappa shape index (κ3) is 5.06. The van der Waals surface area contributed by atoms with Gasteiger partial charge >= 0.3 is 12.4 Å². The molecule has 1 aromatic rings. The molecule has 1 aromatic carbocycles. The van der Waals surface area contributed by atoms with Gasteiger partial charge in [0.2, 0.25) is 5.91 Å². The summed E-state index contributed by atoms with van der Waals surface area (Å²) in [4.78, 5) is 25.7. The Morgan fingerprint density at radius 2 is 2.00 bits per heavy atom. The lowest BCUT2D eigenvalue weighted by Gasteiger charge is -2.26. The zero-order valence-electron chi connectivity index (χ0n) is 14.5. The molecule has 2 heterocycles. The number of anilines is 1. The topological polar surface area (TPSA) is 105 Å². The number of rotatable bonds is 5. The second-order valence-corrected chi connectivity index (χ2v) is 8.83. The lowest BCUT2D eigenvalue weighted by Crippen LogP contribution is -2.50. The first-order chi connectivity index (χ1) is 13.0. The second-order valence-electron chi connectivity index (χ2n) is 6.67. The van der Waals surface area contributed by atoms with E-state index in [-0.39, 0.29) is 42.6 Å². The van der Waals surface area contributed by atoms with E-state index in [1.165, 1.54) is 17.0 Å². The summed E-state index contributed by atoms with van der Waals surface area (Å²) in [5, 5.41) is 5.03. The minimum Gasteiger partial charge on any atom is -0.406 e. The number of benzene rings is 1. The highest BCUT2D eigenvalue weighted by atomic mass is 32.2. The van der Waals surface area contributed by atoms with Crippen LogP contribution < -0.4 is 20.3 Å². The number of alkyl halides is 3. The van der Waals surface area contributed by atoms with Crippen molar-refractivity contribution in [1.29, 1.82) is 0 Å². The molecule has 1 atom stereocenters. The number of sulfone groups is 1. The van der Waals surface area contributed by atoms with E-state index in [0.29, 0.717) is 0 Å². The van der Waals surface area contributed by atoms with Crippen LogP contribution in [0.2, 0.25) is 0 Å². The molecule has 1 unspecified atom stereocenters. The molecule has 28 heavy (non-hydrogen) atoms. The van der Waals surface area contributed by atoms with Gasteiger partial charge in [0.05, 0.1) is 11.5 Å². The lowest BCUT2D eigenvalue weighted by atomic mass is 10.2. The molecule has 2 N–H and O–H groups in total. The SMILES string of the molecule is O=C(NCC1CS(=O)(=O)C1)NC1CCN(c2cccc(OC(F)(F)F)c2)C1=O. The number of urea groups is 1.